The maximum absolute atomic E-state index is 13.3. The fourth-order valence-corrected chi connectivity index (χ4v) is 1.45. The average Bonchev–Trinajstić information content (AvgIpc) is 2.30. The highest BCUT2D eigenvalue weighted by Crippen LogP contribution is 2.18. The van der Waals surface area contributed by atoms with E-state index in [1.807, 2.05) is 30.3 Å². The molecule has 0 saturated heterocycles. The molecule has 0 spiro atoms. The van der Waals surface area contributed by atoms with E-state index in [1.54, 1.807) is 0 Å². The van der Waals surface area contributed by atoms with Crippen LogP contribution in [0, 0.1) is 11.6 Å². The SMILES string of the molecule is Fc1cccc(F)c1NCc1ccccc1. The highest BCUT2D eigenvalue weighted by molar-refractivity contribution is 5.46. The Hall–Kier alpha value is -1.90. The number of hydrogen-bond donors (Lipinski definition) is 1. The number of nitrogens with one attached hydrogen (secondary N) is 1. The van der Waals surface area contributed by atoms with Gasteiger partial charge in [-0.1, -0.05) is 36.4 Å². The third-order valence-corrected chi connectivity index (χ3v) is 2.27. The molecule has 2 aromatic carbocycles. The summed E-state index contributed by atoms with van der Waals surface area (Å²) in [6, 6.07) is 13.3. The van der Waals surface area contributed by atoms with Crippen molar-refractivity contribution in [3.05, 3.63) is 65.7 Å². The van der Waals surface area contributed by atoms with E-state index in [0.29, 0.717) is 6.54 Å². The number of halogens is 2. The largest absolute Gasteiger partial charge is 0.376 e. The van der Waals surface area contributed by atoms with Crippen molar-refractivity contribution in [3.63, 3.8) is 0 Å². The highest BCUT2D eigenvalue weighted by Gasteiger charge is 2.06. The van der Waals surface area contributed by atoms with E-state index in [-0.39, 0.29) is 5.69 Å². The predicted molar refractivity (Wildman–Crippen MR) is 60.1 cm³/mol. The average molecular weight is 219 g/mol. The molecule has 0 fully saturated rings. The van der Waals surface area contributed by atoms with Gasteiger partial charge >= 0.3 is 0 Å². The zero-order valence-corrected chi connectivity index (χ0v) is 8.58. The molecular weight excluding hydrogens is 208 g/mol. The van der Waals surface area contributed by atoms with E-state index in [2.05, 4.69) is 5.32 Å². The molecule has 0 saturated carbocycles. The molecule has 0 bridgehead atoms. The fourth-order valence-electron chi connectivity index (χ4n) is 1.45. The Bertz CT molecular complexity index is 448. The summed E-state index contributed by atoms with van der Waals surface area (Å²) >= 11 is 0. The molecular formula is C13H11F2N. The molecule has 0 aliphatic heterocycles. The summed E-state index contributed by atoms with van der Waals surface area (Å²) in [5.41, 5.74) is 0.900. The van der Waals surface area contributed by atoms with Gasteiger partial charge in [-0.3, -0.25) is 0 Å². The van der Waals surface area contributed by atoms with Crippen LogP contribution in [0.1, 0.15) is 5.56 Å². The Kier molecular flexibility index (Phi) is 3.15. The van der Waals surface area contributed by atoms with E-state index in [0.717, 1.165) is 5.56 Å². The third-order valence-electron chi connectivity index (χ3n) is 2.27. The van der Waals surface area contributed by atoms with Gasteiger partial charge in [0.15, 0.2) is 0 Å². The van der Waals surface area contributed by atoms with Crippen LogP contribution in [0.3, 0.4) is 0 Å². The minimum atomic E-state index is -0.573. The molecule has 3 heteroatoms. The molecule has 0 atom stereocenters. The summed E-state index contributed by atoms with van der Waals surface area (Å²) in [6.45, 7) is 0.401. The lowest BCUT2D eigenvalue weighted by atomic mass is 10.2. The summed E-state index contributed by atoms with van der Waals surface area (Å²) in [5.74, 6) is -1.15. The molecule has 1 N–H and O–H groups in total. The number of benzene rings is 2. The minimum Gasteiger partial charge on any atom is -0.376 e. The van der Waals surface area contributed by atoms with E-state index >= 15 is 0 Å². The van der Waals surface area contributed by atoms with Gasteiger partial charge in [0, 0.05) is 6.54 Å². The number of hydrogen-bond acceptors (Lipinski definition) is 1. The van der Waals surface area contributed by atoms with Crippen LogP contribution in [0.5, 0.6) is 0 Å². The number of anilines is 1. The smallest absolute Gasteiger partial charge is 0.149 e. The second-order valence-electron chi connectivity index (χ2n) is 3.44. The lowest BCUT2D eigenvalue weighted by Crippen LogP contribution is -2.03. The van der Waals surface area contributed by atoms with Crippen LogP contribution in [-0.4, -0.2) is 0 Å². The molecule has 16 heavy (non-hydrogen) atoms. The Labute approximate surface area is 92.7 Å². The Morgan fingerprint density at radius 2 is 1.44 bits per heavy atom. The van der Waals surface area contributed by atoms with Gasteiger partial charge in [0.1, 0.15) is 17.3 Å². The van der Waals surface area contributed by atoms with Gasteiger partial charge in [-0.05, 0) is 17.7 Å². The van der Waals surface area contributed by atoms with Crippen molar-refractivity contribution in [2.45, 2.75) is 6.54 Å². The zero-order valence-electron chi connectivity index (χ0n) is 8.58. The highest BCUT2D eigenvalue weighted by atomic mass is 19.1. The van der Waals surface area contributed by atoms with Crippen LogP contribution < -0.4 is 5.32 Å². The van der Waals surface area contributed by atoms with Crippen molar-refractivity contribution in [2.75, 3.05) is 5.32 Å². The Morgan fingerprint density at radius 3 is 2.06 bits per heavy atom. The summed E-state index contributed by atoms with van der Waals surface area (Å²) < 4.78 is 26.5. The van der Waals surface area contributed by atoms with E-state index in [9.17, 15) is 8.78 Å². The molecule has 0 aliphatic carbocycles. The van der Waals surface area contributed by atoms with E-state index in [4.69, 9.17) is 0 Å². The number of rotatable bonds is 3. The lowest BCUT2D eigenvalue weighted by molar-refractivity contribution is 0.588. The van der Waals surface area contributed by atoms with Crippen LogP contribution in [0.4, 0.5) is 14.5 Å². The first kappa shape index (κ1) is 10.6. The van der Waals surface area contributed by atoms with Crippen LogP contribution in [0.15, 0.2) is 48.5 Å². The van der Waals surface area contributed by atoms with Crippen molar-refractivity contribution in [3.8, 4) is 0 Å². The fraction of sp³-hybridized carbons (Fsp3) is 0.0769. The topological polar surface area (TPSA) is 12.0 Å². The van der Waals surface area contributed by atoms with Crippen molar-refractivity contribution < 1.29 is 8.78 Å². The van der Waals surface area contributed by atoms with Crippen LogP contribution in [0.2, 0.25) is 0 Å². The lowest BCUT2D eigenvalue weighted by Gasteiger charge is -2.08. The van der Waals surface area contributed by atoms with Gasteiger partial charge in [-0.25, -0.2) is 8.78 Å². The molecule has 0 aromatic heterocycles. The van der Waals surface area contributed by atoms with Crippen LogP contribution in [-0.2, 0) is 6.54 Å². The van der Waals surface area contributed by atoms with Gasteiger partial charge < -0.3 is 5.32 Å². The van der Waals surface area contributed by atoms with E-state index in [1.165, 1.54) is 18.2 Å². The predicted octanol–water partition coefficient (Wildman–Crippen LogP) is 3.58. The standard InChI is InChI=1S/C13H11F2N/c14-11-7-4-8-12(15)13(11)16-9-10-5-2-1-3-6-10/h1-8,16H,9H2. The first-order valence-electron chi connectivity index (χ1n) is 4.99. The molecule has 82 valence electrons. The van der Waals surface area contributed by atoms with Gasteiger partial charge in [-0.2, -0.15) is 0 Å². The molecule has 2 aromatic rings. The quantitative estimate of drug-likeness (QED) is 0.832. The van der Waals surface area contributed by atoms with Crippen LogP contribution in [0.25, 0.3) is 0 Å². The van der Waals surface area contributed by atoms with E-state index < -0.39 is 11.6 Å². The van der Waals surface area contributed by atoms with Gasteiger partial charge in [0.2, 0.25) is 0 Å². The van der Waals surface area contributed by atoms with Crippen LogP contribution >= 0.6 is 0 Å². The summed E-state index contributed by atoms with van der Waals surface area (Å²) in [6.07, 6.45) is 0. The molecule has 2 rings (SSSR count). The molecule has 0 unspecified atom stereocenters. The Balaban J connectivity index is 2.11. The first-order chi connectivity index (χ1) is 7.77. The summed E-state index contributed by atoms with van der Waals surface area (Å²) in [7, 11) is 0. The third kappa shape index (κ3) is 2.37. The van der Waals surface area contributed by atoms with Gasteiger partial charge in [-0.15, -0.1) is 0 Å². The maximum Gasteiger partial charge on any atom is 0.149 e. The minimum absolute atomic E-state index is 0.0775. The van der Waals surface area contributed by atoms with Crippen molar-refractivity contribution in [1.82, 2.24) is 0 Å². The maximum atomic E-state index is 13.3. The van der Waals surface area contributed by atoms with Gasteiger partial charge in [0.05, 0.1) is 0 Å². The molecule has 1 nitrogen and oxygen atoms in total. The molecule has 0 radical (unpaired) electrons. The second-order valence-corrected chi connectivity index (χ2v) is 3.44. The second kappa shape index (κ2) is 4.75. The normalized spacial score (nSPS) is 10.1. The van der Waals surface area contributed by atoms with Crippen molar-refractivity contribution in [2.24, 2.45) is 0 Å². The first-order valence-corrected chi connectivity index (χ1v) is 4.99. The number of para-hydroxylation sites is 1. The molecule has 0 heterocycles. The summed E-state index contributed by atoms with van der Waals surface area (Å²) in [4.78, 5) is 0. The monoisotopic (exact) mass is 219 g/mol. The molecule has 0 aliphatic rings. The van der Waals surface area contributed by atoms with Crippen molar-refractivity contribution >= 4 is 5.69 Å². The van der Waals surface area contributed by atoms with Gasteiger partial charge in [0.25, 0.3) is 0 Å². The molecule has 0 amide bonds. The zero-order chi connectivity index (χ0) is 11.4. The van der Waals surface area contributed by atoms with Crippen molar-refractivity contribution in [1.29, 1.82) is 0 Å². The summed E-state index contributed by atoms with van der Waals surface area (Å²) in [5, 5.41) is 2.75. The Morgan fingerprint density at radius 1 is 0.812 bits per heavy atom.